The lowest BCUT2D eigenvalue weighted by molar-refractivity contribution is -0.137. The zero-order chi connectivity index (χ0) is 21.9. The van der Waals surface area contributed by atoms with Gasteiger partial charge in [0.05, 0.1) is 31.1 Å². The van der Waals surface area contributed by atoms with Gasteiger partial charge in [-0.15, -0.1) is 24.0 Å². The number of guanidine groups is 1. The van der Waals surface area contributed by atoms with Crippen LogP contribution in [0.1, 0.15) is 29.7 Å². The summed E-state index contributed by atoms with van der Waals surface area (Å²) in [5.41, 5.74) is -0.181. The lowest BCUT2D eigenvalue weighted by Gasteiger charge is -2.14. The Kier molecular flexibility index (Phi) is 11.3. The Morgan fingerprint density at radius 3 is 2.72 bits per heavy atom. The number of benzene rings is 1. The highest BCUT2D eigenvalue weighted by Gasteiger charge is 2.30. The van der Waals surface area contributed by atoms with Crippen molar-refractivity contribution in [2.75, 3.05) is 32.9 Å². The van der Waals surface area contributed by atoms with Crippen LogP contribution in [0.3, 0.4) is 0 Å². The van der Waals surface area contributed by atoms with Gasteiger partial charge in [-0.3, -0.25) is 0 Å². The fourth-order valence-electron chi connectivity index (χ4n) is 3.12. The van der Waals surface area contributed by atoms with Crippen LogP contribution in [0.5, 0.6) is 0 Å². The molecule has 1 aromatic carbocycles. The van der Waals surface area contributed by atoms with Crippen molar-refractivity contribution in [2.45, 2.75) is 38.1 Å². The van der Waals surface area contributed by atoms with Gasteiger partial charge in [0, 0.05) is 32.7 Å². The largest absolute Gasteiger partial charge is 0.469 e. The quantitative estimate of drug-likeness (QED) is 0.193. The third kappa shape index (κ3) is 9.37. The van der Waals surface area contributed by atoms with E-state index in [4.69, 9.17) is 13.9 Å². The molecular formula is C22H29F3IN3O3. The summed E-state index contributed by atoms with van der Waals surface area (Å²) in [6.45, 7) is 3.34. The maximum atomic E-state index is 12.9. The molecule has 3 rings (SSSR count). The highest BCUT2D eigenvalue weighted by Crippen LogP contribution is 2.29. The lowest BCUT2D eigenvalue weighted by Crippen LogP contribution is -2.39. The first kappa shape index (κ1) is 26.5. The van der Waals surface area contributed by atoms with E-state index in [0.717, 1.165) is 37.3 Å². The number of furan rings is 1. The lowest BCUT2D eigenvalue weighted by atomic mass is 10.1. The number of ether oxygens (including phenoxy) is 2. The molecule has 0 aliphatic carbocycles. The van der Waals surface area contributed by atoms with Crippen LogP contribution in [0.4, 0.5) is 13.2 Å². The molecule has 1 atom stereocenters. The summed E-state index contributed by atoms with van der Waals surface area (Å²) in [5, 5.41) is 6.42. The van der Waals surface area contributed by atoms with Crippen molar-refractivity contribution >= 4 is 29.9 Å². The number of nitrogens with zero attached hydrogens (tertiary/aromatic N) is 1. The molecule has 2 aromatic rings. The van der Waals surface area contributed by atoms with Gasteiger partial charge < -0.3 is 24.5 Å². The summed E-state index contributed by atoms with van der Waals surface area (Å²) < 4.78 is 55.1. The number of rotatable bonds is 10. The van der Waals surface area contributed by atoms with Crippen molar-refractivity contribution in [1.29, 1.82) is 0 Å². The summed E-state index contributed by atoms with van der Waals surface area (Å²) in [5.74, 6) is 1.38. The Bertz CT molecular complexity index is 810. The van der Waals surface area contributed by atoms with Crippen molar-refractivity contribution in [3.63, 3.8) is 0 Å². The highest BCUT2D eigenvalue weighted by molar-refractivity contribution is 14.0. The smallest absolute Gasteiger partial charge is 0.416 e. The van der Waals surface area contributed by atoms with Gasteiger partial charge in [0.2, 0.25) is 0 Å². The molecule has 1 aliphatic rings. The van der Waals surface area contributed by atoms with Gasteiger partial charge in [0.15, 0.2) is 5.96 Å². The molecular weight excluding hydrogens is 538 g/mol. The van der Waals surface area contributed by atoms with Crippen LogP contribution in [-0.2, 0) is 28.6 Å². The molecule has 0 spiro atoms. The second-order valence-corrected chi connectivity index (χ2v) is 7.26. The van der Waals surface area contributed by atoms with Gasteiger partial charge in [-0.05, 0) is 42.7 Å². The van der Waals surface area contributed by atoms with Crippen LogP contribution in [-0.4, -0.2) is 45.0 Å². The van der Waals surface area contributed by atoms with Crippen LogP contribution in [0, 0.1) is 0 Å². The Balaban J connectivity index is 0.00000363. The molecule has 6 nitrogen and oxygen atoms in total. The molecule has 2 heterocycles. The number of hydrogen-bond donors (Lipinski definition) is 2. The van der Waals surface area contributed by atoms with Gasteiger partial charge in [-0.2, -0.15) is 13.2 Å². The summed E-state index contributed by atoms with van der Waals surface area (Å²) >= 11 is 0. The first-order valence-corrected chi connectivity index (χ1v) is 10.4. The summed E-state index contributed by atoms with van der Waals surface area (Å²) in [6, 6.07) is 8.93. The molecule has 178 valence electrons. The average molecular weight is 567 g/mol. The maximum absolute atomic E-state index is 12.9. The van der Waals surface area contributed by atoms with Crippen LogP contribution in [0.2, 0.25) is 0 Å². The number of nitrogens with one attached hydrogen (secondary N) is 2. The molecule has 0 radical (unpaired) electrons. The SMILES string of the molecule is FC(F)(F)c1cccc(CN=C(NCCCOC2CCOC2)NCCc2ccco2)c1.I. The maximum Gasteiger partial charge on any atom is 0.416 e. The number of hydrogen-bond acceptors (Lipinski definition) is 4. The van der Waals surface area contributed by atoms with Crippen molar-refractivity contribution < 1.29 is 27.1 Å². The van der Waals surface area contributed by atoms with Gasteiger partial charge in [-0.1, -0.05) is 12.1 Å². The predicted octanol–water partition coefficient (Wildman–Crippen LogP) is 4.39. The second-order valence-electron chi connectivity index (χ2n) is 7.26. The molecule has 0 amide bonds. The zero-order valence-corrected chi connectivity index (χ0v) is 20.0. The summed E-state index contributed by atoms with van der Waals surface area (Å²) in [6.07, 6.45) is -0.217. The Morgan fingerprint density at radius 1 is 1.16 bits per heavy atom. The van der Waals surface area contributed by atoms with Crippen molar-refractivity contribution in [3.8, 4) is 0 Å². The number of alkyl halides is 3. The van der Waals surface area contributed by atoms with Crippen LogP contribution >= 0.6 is 24.0 Å². The topological polar surface area (TPSA) is 68.0 Å². The summed E-state index contributed by atoms with van der Waals surface area (Å²) in [7, 11) is 0. The molecule has 10 heteroatoms. The zero-order valence-electron chi connectivity index (χ0n) is 17.7. The van der Waals surface area contributed by atoms with E-state index in [9.17, 15) is 13.2 Å². The third-order valence-electron chi connectivity index (χ3n) is 4.77. The predicted molar refractivity (Wildman–Crippen MR) is 126 cm³/mol. The van der Waals surface area contributed by atoms with Gasteiger partial charge in [0.1, 0.15) is 5.76 Å². The van der Waals surface area contributed by atoms with Crippen LogP contribution < -0.4 is 10.6 Å². The highest BCUT2D eigenvalue weighted by atomic mass is 127. The van der Waals surface area contributed by atoms with Crippen molar-refractivity contribution in [3.05, 3.63) is 59.5 Å². The number of halogens is 4. The molecule has 32 heavy (non-hydrogen) atoms. The minimum atomic E-state index is -4.37. The van der Waals surface area contributed by atoms with Gasteiger partial charge in [0.25, 0.3) is 0 Å². The molecule has 1 saturated heterocycles. The van der Waals surface area contributed by atoms with Gasteiger partial charge in [-0.25, -0.2) is 4.99 Å². The Morgan fingerprint density at radius 2 is 2.00 bits per heavy atom. The van der Waals surface area contributed by atoms with E-state index >= 15 is 0 Å². The minimum Gasteiger partial charge on any atom is -0.469 e. The Hall–Kier alpha value is -1.79. The second kappa shape index (κ2) is 13.7. The van der Waals surface area contributed by atoms with E-state index in [1.807, 2.05) is 12.1 Å². The standard InChI is InChI=1S/C22H28F3N3O3.HI/c23-22(24,25)18-5-1-4-17(14-18)15-28-21(27-10-7-19-6-2-11-30-19)26-9-3-12-31-20-8-13-29-16-20;/h1-2,4-6,11,14,20H,3,7-10,12-13,15-16H2,(H2,26,27,28);1H. The van der Waals surface area contributed by atoms with Crippen molar-refractivity contribution in [1.82, 2.24) is 10.6 Å². The van der Waals surface area contributed by atoms with Crippen LogP contribution in [0.25, 0.3) is 0 Å². The average Bonchev–Trinajstić information content (AvgIpc) is 3.45. The molecule has 1 aromatic heterocycles. The molecule has 1 fully saturated rings. The van der Waals surface area contributed by atoms with E-state index < -0.39 is 11.7 Å². The van der Waals surface area contributed by atoms with E-state index in [1.54, 1.807) is 12.3 Å². The van der Waals surface area contributed by atoms with Crippen molar-refractivity contribution in [2.24, 2.45) is 4.99 Å². The first-order chi connectivity index (χ1) is 15.0. The molecule has 0 bridgehead atoms. The van der Waals surface area contributed by atoms with Gasteiger partial charge >= 0.3 is 6.18 Å². The monoisotopic (exact) mass is 567 g/mol. The fourth-order valence-corrected chi connectivity index (χ4v) is 3.12. The first-order valence-electron chi connectivity index (χ1n) is 10.4. The van der Waals surface area contributed by atoms with E-state index in [-0.39, 0.29) is 36.6 Å². The Labute approximate surface area is 203 Å². The number of aliphatic imine (C=N–C) groups is 1. The molecule has 1 aliphatic heterocycles. The van der Waals surface area contributed by atoms with E-state index in [2.05, 4.69) is 15.6 Å². The minimum absolute atomic E-state index is 0. The third-order valence-corrected chi connectivity index (χ3v) is 4.77. The fraction of sp³-hybridized carbons (Fsp3) is 0.500. The van der Waals surface area contributed by atoms with E-state index in [1.165, 1.54) is 6.07 Å². The summed E-state index contributed by atoms with van der Waals surface area (Å²) in [4.78, 5) is 4.45. The normalized spacial score (nSPS) is 16.6. The molecule has 1 unspecified atom stereocenters. The molecule has 0 saturated carbocycles. The molecule has 2 N–H and O–H groups in total. The van der Waals surface area contributed by atoms with Crippen LogP contribution in [0.15, 0.2) is 52.1 Å². The van der Waals surface area contributed by atoms with E-state index in [0.29, 0.717) is 44.2 Å².